The highest BCUT2D eigenvalue weighted by atomic mass is 16.2. The van der Waals surface area contributed by atoms with E-state index >= 15 is 0 Å². The molecule has 0 saturated heterocycles. The first kappa shape index (κ1) is 18.1. The zero-order valence-corrected chi connectivity index (χ0v) is 15.0. The Morgan fingerprint density at radius 2 is 1.69 bits per heavy atom. The molecule has 1 unspecified atom stereocenters. The van der Waals surface area contributed by atoms with E-state index in [1.54, 1.807) is 12.1 Å². The van der Waals surface area contributed by atoms with Crippen molar-refractivity contribution in [3.8, 4) is 0 Å². The fourth-order valence-corrected chi connectivity index (χ4v) is 3.14. The smallest absolute Gasteiger partial charge is 0.261 e. The molecule has 6 heteroatoms. The highest BCUT2D eigenvalue weighted by Gasteiger charge is 2.32. The topological polar surface area (TPSA) is 78.5 Å². The third-order valence-corrected chi connectivity index (χ3v) is 4.74. The number of carbonyl (C=O) groups is 3. The molecule has 0 fully saturated rings. The van der Waals surface area contributed by atoms with Crippen LogP contribution in [-0.4, -0.2) is 48.8 Å². The Balaban J connectivity index is 1.66. The average molecular weight is 353 g/mol. The minimum Gasteiger partial charge on any atom is -0.355 e. The van der Waals surface area contributed by atoms with Crippen molar-refractivity contribution in [3.05, 3.63) is 47.5 Å². The van der Waals surface area contributed by atoms with Crippen molar-refractivity contribution in [3.63, 3.8) is 0 Å². The van der Waals surface area contributed by atoms with E-state index in [2.05, 4.69) is 10.6 Å². The van der Waals surface area contributed by atoms with Crippen molar-refractivity contribution >= 4 is 28.5 Å². The fourth-order valence-electron chi connectivity index (χ4n) is 3.14. The van der Waals surface area contributed by atoms with Gasteiger partial charge in [-0.2, -0.15) is 0 Å². The molecule has 3 rings (SSSR count). The number of nitrogens with zero attached hydrogens (tertiary/aromatic N) is 1. The number of hydrogen-bond donors (Lipinski definition) is 2. The van der Waals surface area contributed by atoms with Crippen LogP contribution in [0.2, 0.25) is 0 Å². The number of hydrogen-bond acceptors (Lipinski definition) is 4. The molecule has 2 aromatic carbocycles. The lowest BCUT2D eigenvalue weighted by Gasteiger charge is -2.27. The first-order valence-electron chi connectivity index (χ1n) is 8.85. The second-order valence-electron chi connectivity index (χ2n) is 6.57. The van der Waals surface area contributed by atoms with Gasteiger partial charge in [0.1, 0.15) is 0 Å². The molecule has 136 valence electrons. The number of benzene rings is 2. The zero-order chi connectivity index (χ0) is 18.7. The van der Waals surface area contributed by atoms with E-state index in [-0.39, 0.29) is 36.7 Å². The van der Waals surface area contributed by atoms with E-state index in [4.69, 9.17) is 0 Å². The quantitative estimate of drug-likeness (QED) is 0.746. The number of amides is 3. The van der Waals surface area contributed by atoms with Crippen LogP contribution < -0.4 is 10.6 Å². The van der Waals surface area contributed by atoms with E-state index in [9.17, 15) is 14.4 Å². The normalized spacial score (nSPS) is 14.6. The summed E-state index contributed by atoms with van der Waals surface area (Å²) in [6, 6.07) is 11.1. The highest BCUT2D eigenvalue weighted by Crippen LogP contribution is 2.29. The number of likely N-dealkylation sites (N-methyl/N-ethyl adjacent to an activating group) is 1. The van der Waals surface area contributed by atoms with Crippen molar-refractivity contribution in [2.24, 2.45) is 0 Å². The largest absolute Gasteiger partial charge is 0.355 e. The Morgan fingerprint density at radius 3 is 2.27 bits per heavy atom. The third kappa shape index (κ3) is 3.46. The minimum absolute atomic E-state index is 0.0773. The van der Waals surface area contributed by atoms with Gasteiger partial charge in [-0.15, -0.1) is 0 Å². The molecular weight excluding hydrogens is 330 g/mol. The summed E-state index contributed by atoms with van der Waals surface area (Å²) in [5.41, 5.74) is 1.09. The fraction of sp³-hybridized carbons (Fsp3) is 0.350. The Bertz CT molecular complexity index is 812. The Morgan fingerprint density at radius 1 is 1.08 bits per heavy atom. The van der Waals surface area contributed by atoms with Crippen molar-refractivity contribution in [2.75, 3.05) is 20.1 Å². The van der Waals surface area contributed by atoms with Gasteiger partial charge < -0.3 is 10.6 Å². The van der Waals surface area contributed by atoms with Crippen LogP contribution in [0.15, 0.2) is 36.4 Å². The van der Waals surface area contributed by atoms with Gasteiger partial charge in [-0.1, -0.05) is 24.3 Å². The van der Waals surface area contributed by atoms with Crippen LogP contribution in [0.25, 0.3) is 10.8 Å². The lowest BCUT2D eigenvalue weighted by molar-refractivity contribution is -0.121. The third-order valence-electron chi connectivity index (χ3n) is 4.74. The summed E-state index contributed by atoms with van der Waals surface area (Å²) in [5, 5.41) is 7.49. The summed E-state index contributed by atoms with van der Waals surface area (Å²) >= 11 is 0. The Labute approximate surface area is 152 Å². The number of imide groups is 1. The van der Waals surface area contributed by atoms with Gasteiger partial charge in [0.25, 0.3) is 11.8 Å². The Kier molecular flexibility index (Phi) is 5.32. The van der Waals surface area contributed by atoms with Crippen LogP contribution >= 0.6 is 0 Å². The molecule has 2 N–H and O–H groups in total. The lowest BCUT2D eigenvalue weighted by Crippen LogP contribution is -2.41. The first-order valence-corrected chi connectivity index (χ1v) is 8.85. The predicted molar refractivity (Wildman–Crippen MR) is 100 cm³/mol. The minimum atomic E-state index is -0.288. The van der Waals surface area contributed by atoms with Crippen LogP contribution in [0.1, 0.15) is 40.5 Å². The molecule has 0 saturated carbocycles. The summed E-state index contributed by atoms with van der Waals surface area (Å²) in [7, 11) is 1.84. The summed E-state index contributed by atoms with van der Waals surface area (Å²) in [5.74, 6) is -0.654. The maximum atomic E-state index is 12.7. The van der Waals surface area contributed by atoms with Crippen LogP contribution in [0.4, 0.5) is 0 Å². The van der Waals surface area contributed by atoms with Gasteiger partial charge >= 0.3 is 0 Å². The first-order chi connectivity index (χ1) is 12.5. The van der Waals surface area contributed by atoms with E-state index in [1.165, 1.54) is 4.90 Å². The van der Waals surface area contributed by atoms with Crippen LogP contribution in [0.5, 0.6) is 0 Å². The van der Waals surface area contributed by atoms with E-state index in [0.29, 0.717) is 24.1 Å². The van der Waals surface area contributed by atoms with Gasteiger partial charge in [0, 0.05) is 42.1 Å². The molecule has 1 heterocycles. The predicted octanol–water partition coefficient (Wildman–Crippen LogP) is 1.94. The lowest BCUT2D eigenvalue weighted by atomic mass is 9.94. The van der Waals surface area contributed by atoms with Crippen molar-refractivity contribution in [2.45, 2.75) is 25.8 Å². The maximum Gasteiger partial charge on any atom is 0.261 e. The SMILES string of the molecule is CNC(C)CNC(=O)CCCN1C(=O)c2cccc3cccc(c23)C1=O. The van der Waals surface area contributed by atoms with Crippen LogP contribution in [-0.2, 0) is 4.79 Å². The van der Waals surface area contributed by atoms with Crippen molar-refractivity contribution in [1.29, 1.82) is 0 Å². The van der Waals surface area contributed by atoms with Gasteiger partial charge in [-0.05, 0) is 37.9 Å². The molecule has 26 heavy (non-hydrogen) atoms. The monoisotopic (exact) mass is 353 g/mol. The van der Waals surface area contributed by atoms with Crippen molar-refractivity contribution < 1.29 is 14.4 Å². The molecule has 1 atom stereocenters. The van der Waals surface area contributed by atoms with Gasteiger partial charge in [0.15, 0.2) is 0 Å². The van der Waals surface area contributed by atoms with E-state index < -0.39 is 0 Å². The maximum absolute atomic E-state index is 12.7. The summed E-state index contributed by atoms with van der Waals surface area (Å²) in [6.07, 6.45) is 0.717. The summed E-state index contributed by atoms with van der Waals surface area (Å²) < 4.78 is 0. The second kappa shape index (κ2) is 7.66. The highest BCUT2D eigenvalue weighted by molar-refractivity contribution is 6.25. The molecule has 1 aliphatic rings. The van der Waals surface area contributed by atoms with Crippen molar-refractivity contribution in [1.82, 2.24) is 15.5 Å². The molecule has 1 aliphatic heterocycles. The van der Waals surface area contributed by atoms with Gasteiger partial charge in [-0.3, -0.25) is 19.3 Å². The molecular formula is C20H23N3O3. The summed E-state index contributed by atoms with van der Waals surface area (Å²) in [6.45, 7) is 2.76. The zero-order valence-electron chi connectivity index (χ0n) is 15.0. The average Bonchev–Trinajstić information content (AvgIpc) is 2.66. The molecule has 0 aliphatic carbocycles. The Hall–Kier alpha value is -2.73. The standard InChI is InChI=1S/C20H23N3O3/c1-13(21-2)12-22-17(24)10-5-11-23-19(25)15-8-3-6-14-7-4-9-16(18(14)15)20(23)26/h3-4,6-9,13,21H,5,10-12H2,1-2H3,(H,22,24). The van der Waals surface area contributed by atoms with E-state index in [0.717, 1.165) is 10.8 Å². The molecule has 0 radical (unpaired) electrons. The molecule has 0 spiro atoms. The number of nitrogens with one attached hydrogen (secondary N) is 2. The second-order valence-corrected chi connectivity index (χ2v) is 6.57. The number of rotatable bonds is 7. The molecule has 6 nitrogen and oxygen atoms in total. The summed E-state index contributed by atoms with van der Waals surface area (Å²) in [4.78, 5) is 38.6. The van der Waals surface area contributed by atoms with Crippen LogP contribution in [0.3, 0.4) is 0 Å². The van der Waals surface area contributed by atoms with Gasteiger partial charge in [0.05, 0.1) is 0 Å². The molecule has 0 bridgehead atoms. The van der Waals surface area contributed by atoms with Gasteiger partial charge in [0.2, 0.25) is 5.91 Å². The van der Waals surface area contributed by atoms with Gasteiger partial charge in [-0.25, -0.2) is 0 Å². The molecule has 2 aromatic rings. The van der Waals surface area contributed by atoms with E-state index in [1.807, 2.05) is 38.2 Å². The molecule has 0 aromatic heterocycles. The number of carbonyl (C=O) groups excluding carboxylic acids is 3. The van der Waals surface area contributed by atoms with Crippen LogP contribution in [0, 0.1) is 0 Å². The molecule has 3 amide bonds.